The van der Waals surface area contributed by atoms with E-state index >= 15 is 0 Å². The number of fused-ring (bicyclic) bond motifs is 1. The van der Waals surface area contributed by atoms with Crippen molar-refractivity contribution in [2.75, 3.05) is 18.5 Å². The van der Waals surface area contributed by atoms with Gasteiger partial charge in [-0.2, -0.15) is 0 Å². The molecule has 1 aromatic carbocycles. The van der Waals surface area contributed by atoms with Gasteiger partial charge in [0.05, 0.1) is 5.69 Å². The van der Waals surface area contributed by atoms with Gasteiger partial charge in [0, 0.05) is 23.7 Å². The summed E-state index contributed by atoms with van der Waals surface area (Å²) in [4.78, 5) is 7.98. The molecule has 0 fully saturated rings. The van der Waals surface area contributed by atoms with E-state index < -0.39 is 0 Å². The Kier molecular flexibility index (Phi) is 3.24. The molecule has 0 atom stereocenters. The van der Waals surface area contributed by atoms with Crippen molar-refractivity contribution in [3.63, 3.8) is 0 Å². The van der Waals surface area contributed by atoms with Crippen molar-refractivity contribution in [2.24, 2.45) is 0 Å². The van der Waals surface area contributed by atoms with Crippen LogP contribution in [0.4, 0.5) is 15.2 Å². The molecule has 0 saturated heterocycles. The Hall–Kier alpha value is -1.46. The average molecular weight is 277 g/mol. The molecule has 1 aliphatic heterocycles. The summed E-state index contributed by atoms with van der Waals surface area (Å²) in [5.41, 5.74) is 3.22. The minimum absolute atomic E-state index is 0.186. The Morgan fingerprint density at radius 3 is 3.11 bits per heavy atom. The highest BCUT2D eigenvalue weighted by Gasteiger charge is 2.24. The molecule has 2 aromatic rings. The molecule has 0 amide bonds. The lowest BCUT2D eigenvalue weighted by Gasteiger charge is -2.15. The van der Waals surface area contributed by atoms with Crippen LogP contribution in [0.2, 0.25) is 0 Å². The first-order chi connectivity index (χ1) is 9.19. The molecule has 1 aromatic heterocycles. The summed E-state index contributed by atoms with van der Waals surface area (Å²) in [5, 5.41) is 4.11. The third kappa shape index (κ3) is 2.24. The van der Waals surface area contributed by atoms with Crippen LogP contribution in [0.5, 0.6) is 0 Å². The van der Waals surface area contributed by atoms with Crippen LogP contribution >= 0.6 is 11.3 Å². The van der Waals surface area contributed by atoms with E-state index in [1.165, 1.54) is 16.5 Å². The van der Waals surface area contributed by atoms with Gasteiger partial charge in [-0.3, -0.25) is 0 Å². The second-order valence-electron chi connectivity index (χ2n) is 4.71. The van der Waals surface area contributed by atoms with Gasteiger partial charge in [0.15, 0.2) is 5.13 Å². The maximum Gasteiger partial charge on any atom is 0.190 e. The molecular weight excluding hydrogens is 261 g/mol. The number of nitrogens with one attached hydrogen (secondary N) is 1. The number of halogens is 1. The van der Waals surface area contributed by atoms with Crippen LogP contribution in [0.3, 0.4) is 0 Å². The number of rotatable bonds is 3. The first-order valence-corrected chi connectivity index (χ1v) is 7.17. The smallest absolute Gasteiger partial charge is 0.190 e. The molecule has 0 unspecified atom stereocenters. The third-order valence-electron chi connectivity index (χ3n) is 3.39. The first kappa shape index (κ1) is 12.6. The van der Waals surface area contributed by atoms with Crippen molar-refractivity contribution in [3.05, 3.63) is 40.2 Å². The molecule has 1 aliphatic rings. The van der Waals surface area contributed by atoms with Crippen molar-refractivity contribution in [3.8, 4) is 0 Å². The van der Waals surface area contributed by atoms with Gasteiger partial charge in [-0.15, -0.1) is 0 Å². The van der Waals surface area contributed by atoms with Gasteiger partial charge in [0.2, 0.25) is 0 Å². The molecule has 3 nitrogen and oxygen atoms in total. The van der Waals surface area contributed by atoms with E-state index in [0.717, 1.165) is 36.0 Å². The monoisotopic (exact) mass is 277 g/mol. The lowest BCUT2D eigenvalue weighted by molar-refractivity contribution is 0.628. The summed E-state index contributed by atoms with van der Waals surface area (Å²) in [6.07, 6.45) is 0.954. The zero-order valence-electron chi connectivity index (χ0n) is 11.0. The van der Waals surface area contributed by atoms with E-state index in [4.69, 9.17) is 0 Å². The Morgan fingerprint density at radius 1 is 1.47 bits per heavy atom. The number of hydrogen-bond acceptors (Lipinski definition) is 4. The lowest BCUT2D eigenvalue weighted by atomic mass is 10.2. The fourth-order valence-corrected chi connectivity index (χ4v) is 3.52. The number of hydrogen-bond donors (Lipinski definition) is 1. The summed E-state index contributed by atoms with van der Waals surface area (Å²) >= 11 is 1.68. The third-order valence-corrected chi connectivity index (χ3v) is 4.57. The van der Waals surface area contributed by atoms with E-state index in [0.29, 0.717) is 0 Å². The fraction of sp³-hybridized carbons (Fsp3) is 0.357. The largest absolute Gasteiger partial charge is 0.317 e. The van der Waals surface area contributed by atoms with Gasteiger partial charge in [0.25, 0.3) is 0 Å². The molecule has 0 aliphatic carbocycles. The fourth-order valence-electron chi connectivity index (χ4n) is 2.40. The maximum absolute atomic E-state index is 13.4. The SMILES string of the molecule is CNCc1sc(N2CCc3ccc(F)cc32)nc1C. The van der Waals surface area contributed by atoms with Crippen molar-refractivity contribution >= 4 is 22.2 Å². The zero-order valence-corrected chi connectivity index (χ0v) is 11.9. The minimum atomic E-state index is -0.186. The van der Waals surface area contributed by atoms with E-state index in [2.05, 4.69) is 15.2 Å². The van der Waals surface area contributed by atoms with Gasteiger partial charge in [-0.25, -0.2) is 9.37 Å². The number of aryl methyl sites for hydroxylation is 1. The zero-order chi connectivity index (χ0) is 13.4. The van der Waals surface area contributed by atoms with Gasteiger partial charge in [-0.1, -0.05) is 17.4 Å². The summed E-state index contributed by atoms with van der Waals surface area (Å²) < 4.78 is 13.4. The maximum atomic E-state index is 13.4. The summed E-state index contributed by atoms with van der Waals surface area (Å²) in [7, 11) is 1.93. The predicted octanol–water partition coefficient (Wildman–Crippen LogP) is 3.00. The number of benzene rings is 1. The molecule has 5 heteroatoms. The molecule has 0 radical (unpaired) electrons. The Labute approximate surface area is 116 Å². The number of thiazole rings is 1. The highest BCUT2D eigenvalue weighted by molar-refractivity contribution is 7.15. The number of nitrogens with zero attached hydrogens (tertiary/aromatic N) is 2. The predicted molar refractivity (Wildman–Crippen MR) is 76.7 cm³/mol. The van der Waals surface area contributed by atoms with Crippen LogP contribution in [0, 0.1) is 12.7 Å². The van der Waals surface area contributed by atoms with Crippen molar-refractivity contribution in [2.45, 2.75) is 19.9 Å². The molecule has 100 valence electrons. The first-order valence-electron chi connectivity index (χ1n) is 6.36. The summed E-state index contributed by atoms with van der Waals surface area (Å²) in [6, 6.07) is 5.01. The summed E-state index contributed by atoms with van der Waals surface area (Å²) in [5.74, 6) is -0.186. The van der Waals surface area contributed by atoms with E-state index in [-0.39, 0.29) is 5.82 Å². The molecule has 0 saturated carbocycles. The second kappa shape index (κ2) is 4.90. The second-order valence-corrected chi connectivity index (χ2v) is 5.77. The van der Waals surface area contributed by atoms with Crippen LogP contribution in [0.25, 0.3) is 0 Å². The van der Waals surface area contributed by atoms with Gasteiger partial charge in [0.1, 0.15) is 5.82 Å². The van der Waals surface area contributed by atoms with Crippen molar-refractivity contribution in [1.29, 1.82) is 0 Å². The Bertz CT molecular complexity index is 609. The number of anilines is 2. The Balaban J connectivity index is 1.97. The quantitative estimate of drug-likeness (QED) is 0.935. The Morgan fingerprint density at radius 2 is 2.32 bits per heavy atom. The van der Waals surface area contributed by atoms with Crippen LogP contribution in [0.1, 0.15) is 16.1 Å². The molecule has 19 heavy (non-hydrogen) atoms. The molecule has 0 spiro atoms. The lowest BCUT2D eigenvalue weighted by Crippen LogP contribution is -2.12. The highest BCUT2D eigenvalue weighted by Crippen LogP contribution is 2.37. The molecule has 2 heterocycles. The molecule has 0 bridgehead atoms. The van der Waals surface area contributed by atoms with E-state index in [9.17, 15) is 4.39 Å². The van der Waals surface area contributed by atoms with Crippen molar-refractivity contribution < 1.29 is 4.39 Å². The van der Waals surface area contributed by atoms with Crippen molar-refractivity contribution in [1.82, 2.24) is 10.3 Å². The van der Waals surface area contributed by atoms with Gasteiger partial charge < -0.3 is 10.2 Å². The normalized spacial score (nSPS) is 13.9. The van der Waals surface area contributed by atoms with Crippen LogP contribution in [0.15, 0.2) is 18.2 Å². The van der Waals surface area contributed by atoms with Crippen LogP contribution in [-0.4, -0.2) is 18.6 Å². The minimum Gasteiger partial charge on any atom is -0.317 e. The average Bonchev–Trinajstić information content (AvgIpc) is 2.94. The number of aromatic nitrogens is 1. The van der Waals surface area contributed by atoms with E-state index in [1.54, 1.807) is 17.4 Å². The standard InChI is InChI=1S/C14H16FN3S/c1-9-13(8-16-2)19-14(17-9)18-6-5-10-3-4-11(15)7-12(10)18/h3-4,7,16H,5-6,8H2,1-2H3. The summed E-state index contributed by atoms with van der Waals surface area (Å²) in [6.45, 7) is 3.73. The molecular formula is C14H16FN3S. The highest BCUT2D eigenvalue weighted by atomic mass is 32.1. The van der Waals surface area contributed by atoms with Gasteiger partial charge >= 0.3 is 0 Å². The molecule has 3 rings (SSSR count). The van der Waals surface area contributed by atoms with Gasteiger partial charge in [-0.05, 0) is 38.1 Å². The molecule has 1 N–H and O–H groups in total. The van der Waals surface area contributed by atoms with Crippen LogP contribution < -0.4 is 10.2 Å². The van der Waals surface area contributed by atoms with Crippen LogP contribution in [-0.2, 0) is 13.0 Å². The van der Waals surface area contributed by atoms with E-state index in [1.807, 2.05) is 20.0 Å². The topological polar surface area (TPSA) is 28.2 Å².